The Morgan fingerprint density at radius 3 is 2.62 bits per heavy atom. The van der Waals surface area contributed by atoms with Crippen molar-refractivity contribution in [3.8, 4) is 5.82 Å². The molecule has 0 aliphatic rings. The molecule has 2 aromatic heterocycles. The van der Waals surface area contributed by atoms with E-state index in [2.05, 4.69) is 13.8 Å². The molecule has 0 radical (unpaired) electrons. The maximum atomic E-state index is 5.83. The summed E-state index contributed by atoms with van der Waals surface area (Å²) in [4.78, 5) is 0. The van der Waals surface area contributed by atoms with E-state index in [0.717, 1.165) is 23.1 Å². The van der Waals surface area contributed by atoms with Crippen molar-refractivity contribution >= 4 is 23.3 Å². The molecular weight excluding hydrogens is 208 g/mol. The Hall–Kier alpha value is -0.940. The van der Waals surface area contributed by atoms with Gasteiger partial charge in [-0.2, -0.15) is 13.8 Å². The van der Waals surface area contributed by atoms with Gasteiger partial charge >= 0.3 is 0 Å². The lowest BCUT2D eigenvalue weighted by molar-refractivity contribution is 0.816. The molecule has 0 N–H and O–H groups in total. The zero-order valence-corrected chi connectivity index (χ0v) is 8.72. The largest absolute Gasteiger partial charge is 0.216 e. The van der Waals surface area contributed by atoms with Crippen molar-refractivity contribution < 1.29 is 0 Å². The van der Waals surface area contributed by atoms with Crippen molar-refractivity contribution in [2.75, 3.05) is 0 Å². The van der Waals surface area contributed by atoms with Gasteiger partial charge in [0, 0.05) is 5.69 Å². The van der Waals surface area contributed by atoms with Crippen LogP contribution in [0.2, 0.25) is 5.15 Å². The van der Waals surface area contributed by atoms with Crippen molar-refractivity contribution in [2.45, 2.75) is 13.8 Å². The van der Waals surface area contributed by atoms with Crippen molar-refractivity contribution in [1.29, 1.82) is 0 Å². The van der Waals surface area contributed by atoms with Crippen LogP contribution in [0, 0.1) is 13.8 Å². The highest BCUT2D eigenvalue weighted by atomic mass is 35.5. The molecule has 6 heteroatoms. The van der Waals surface area contributed by atoms with Crippen molar-refractivity contribution in [3.63, 3.8) is 0 Å². The normalized spacial score (nSPS) is 10.7. The summed E-state index contributed by atoms with van der Waals surface area (Å²) < 4.78 is 9.63. The van der Waals surface area contributed by atoms with E-state index < -0.39 is 0 Å². The summed E-state index contributed by atoms with van der Waals surface area (Å²) in [7, 11) is 0. The SMILES string of the molecule is Cc1cc(C)n(-c2nsnc2Cl)n1. The molecule has 0 unspecified atom stereocenters. The minimum Gasteiger partial charge on any atom is -0.216 e. The third kappa shape index (κ3) is 1.45. The highest BCUT2D eigenvalue weighted by molar-refractivity contribution is 6.99. The molecule has 0 aromatic carbocycles. The second-order valence-electron chi connectivity index (χ2n) is 2.72. The second-order valence-corrected chi connectivity index (χ2v) is 3.60. The Morgan fingerprint density at radius 2 is 2.15 bits per heavy atom. The van der Waals surface area contributed by atoms with Crippen LogP contribution in [0.5, 0.6) is 0 Å². The fraction of sp³-hybridized carbons (Fsp3) is 0.286. The molecule has 0 amide bonds. The zero-order chi connectivity index (χ0) is 9.42. The van der Waals surface area contributed by atoms with Gasteiger partial charge in [0.1, 0.15) is 0 Å². The third-order valence-electron chi connectivity index (χ3n) is 1.64. The van der Waals surface area contributed by atoms with Crippen molar-refractivity contribution in [1.82, 2.24) is 18.5 Å². The van der Waals surface area contributed by atoms with Crippen LogP contribution in [0.4, 0.5) is 0 Å². The first-order chi connectivity index (χ1) is 6.18. The highest BCUT2D eigenvalue weighted by Crippen LogP contribution is 2.18. The van der Waals surface area contributed by atoms with Gasteiger partial charge in [0.2, 0.25) is 5.82 Å². The van der Waals surface area contributed by atoms with Gasteiger partial charge in [-0.1, -0.05) is 11.6 Å². The fourth-order valence-corrected chi connectivity index (χ4v) is 1.84. The summed E-state index contributed by atoms with van der Waals surface area (Å²) in [5.74, 6) is 0.609. The molecule has 0 bridgehead atoms. The minimum absolute atomic E-state index is 0.399. The van der Waals surface area contributed by atoms with Crippen LogP contribution in [-0.4, -0.2) is 18.5 Å². The molecule has 2 heterocycles. The Kier molecular flexibility index (Phi) is 2.05. The van der Waals surface area contributed by atoms with Crippen LogP contribution in [0.15, 0.2) is 6.07 Å². The first-order valence-electron chi connectivity index (χ1n) is 3.70. The minimum atomic E-state index is 0.399. The Morgan fingerprint density at radius 1 is 1.38 bits per heavy atom. The molecule has 0 fully saturated rings. The van der Waals surface area contributed by atoms with Gasteiger partial charge < -0.3 is 0 Å². The van der Waals surface area contributed by atoms with Gasteiger partial charge in [-0.25, -0.2) is 4.68 Å². The van der Waals surface area contributed by atoms with Crippen LogP contribution < -0.4 is 0 Å². The second kappa shape index (κ2) is 3.08. The van der Waals surface area contributed by atoms with Crippen LogP contribution >= 0.6 is 23.3 Å². The molecule has 0 aliphatic heterocycles. The first kappa shape index (κ1) is 8.65. The molecule has 0 spiro atoms. The predicted molar refractivity (Wildman–Crippen MR) is 51.5 cm³/mol. The van der Waals surface area contributed by atoms with E-state index in [0.29, 0.717) is 11.0 Å². The lowest BCUT2D eigenvalue weighted by atomic mass is 10.4. The average Bonchev–Trinajstić information content (AvgIpc) is 2.58. The average molecular weight is 215 g/mol. The van der Waals surface area contributed by atoms with E-state index >= 15 is 0 Å². The van der Waals surface area contributed by atoms with E-state index in [-0.39, 0.29) is 0 Å². The van der Waals surface area contributed by atoms with Crippen LogP contribution in [0.3, 0.4) is 0 Å². The predicted octanol–water partition coefficient (Wildman–Crippen LogP) is 1.99. The number of aromatic nitrogens is 4. The standard InChI is InChI=1S/C7H7ClN4S/c1-4-3-5(2)12(9-4)7-6(8)10-13-11-7/h3H,1-2H3. The number of rotatable bonds is 1. The summed E-state index contributed by atoms with van der Waals surface area (Å²) in [5, 5.41) is 4.65. The number of hydrogen-bond acceptors (Lipinski definition) is 4. The highest BCUT2D eigenvalue weighted by Gasteiger charge is 2.11. The van der Waals surface area contributed by atoms with E-state index in [1.807, 2.05) is 19.9 Å². The first-order valence-corrected chi connectivity index (χ1v) is 4.81. The van der Waals surface area contributed by atoms with E-state index in [4.69, 9.17) is 11.6 Å². The van der Waals surface area contributed by atoms with E-state index in [9.17, 15) is 0 Å². The molecular formula is C7H7ClN4S. The Balaban J connectivity index is 2.58. The van der Waals surface area contributed by atoms with Gasteiger partial charge in [-0.3, -0.25) is 0 Å². The maximum absolute atomic E-state index is 5.83. The van der Waals surface area contributed by atoms with Crippen molar-refractivity contribution in [2.24, 2.45) is 0 Å². The summed E-state index contributed by atoms with van der Waals surface area (Å²) in [6, 6.07) is 1.97. The summed E-state index contributed by atoms with van der Waals surface area (Å²) >= 11 is 6.92. The molecule has 2 aromatic rings. The molecule has 0 saturated heterocycles. The van der Waals surface area contributed by atoms with Crippen molar-refractivity contribution in [3.05, 3.63) is 22.6 Å². The molecule has 4 nitrogen and oxygen atoms in total. The summed E-state index contributed by atoms with van der Waals surface area (Å²) in [6.07, 6.45) is 0. The zero-order valence-electron chi connectivity index (χ0n) is 7.15. The monoisotopic (exact) mass is 214 g/mol. The maximum Gasteiger partial charge on any atom is 0.206 e. The topological polar surface area (TPSA) is 43.6 Å². The molecule has 13 heavy (non-hydrogen) atoms. The van der Waals surface area contributed by atoms with Crippen LogP contribution in [0.25, 0.3) is 5.82 Å². The van der Waals surface area contributed by atoms with Crippen LogP contribution in [0.1, 0.15) is 11.4 Å². The Bertz CT molecular complexity index is 433. The smallest absolute Gasteiger partial charge is 0.206 e. The van der Waals surface area contributed by atoms with Gasteiger partial charge in [0.05, 0.1) is 17.4 Å². The molecule has 0 aliphatic carbocycles. The number of aryl methyl sites for hydroxylation is 2. The fourth-order valence-electron chi connectivity index (χ4n) is 1.14. The van der Waals surface area contributed by atoms with E-state index in [1.54, 1.807) is 4.68 Å². The summed E-state index contributed by atoms with van der Waals surface area (Å²) in [6.45, 7) is 3.88. The number of halogens is 1. The van der Waals surface area contributed by atoms with Gasteiger partial charge in [-0.15, -0.1) is 0 Å². The Labute approximate surface area is 84.5 Å². The van der Waals surface area contributed by atoms with Crippen LogP contribution in [-0.2, 0) is 0 Å². The van der Waals surface area contributed by atoms with E-state index in [1.165, 1.54) is 0 Å². The quantitative estimate of drug-likeness (QED) is 0.729. The molecule has 68 valence electrons. The third-order valence-corrected chi connectivity index (χ3v) is 2.52. The molecule has 0 atom stereocenters. The molecule has 0 saturated carbocycles. The lowest BCUT2D eigenvalue weighted by Gasteiger charge is -1.97. The van der Waals surface area contributed by atoms with Gasteiger partial charge in [-0.05, 0) is 19.9 Å². The molecule has 2 rings (SSSR count). The van der Waals surface area contributed by atoms with Gasteiger partial charge in [0.25, 0.3) is 0 Å². The number of hydrogen-bond donors (Lipinski definition) is 0. The lowest BCUT2D eigenvalue weighted by Crippen LogP contribution is -1.99. The van der Waals surface area contributed by atoms with Gasteiger partial charge in [0.15, 0.2) is 5.15 Å². The number of nitrogens with zero attached hydrogens (tertiary/aromatic N) is 4. The summed E-state index contributed by atoms with van der Waals surface area (Å²) in [5.41, 5.74) is 1.95.